The van der Waals surface area contributed by atoms with Gasteiger partial charge in [0.15, 0.2) is 5.58 Å². The molecule has 3 aromatic rings. The van der Waals surface area contributed by atoms with E-state index in [0.717, 1.165) is 11.1 Å². The molecule has 0 unspecified atom stereocenters. The number of nitro groups is 1. The molecule has 0 bridgehead atoms. The molecule has 0 saturated heterocycles. The first-order valence-corrected chi connectivity index (χ1v) is 5.44. The van der Waals surface area contributed by atoms with Crippen molar-refractivity contribution in [3.8, 4) is 0 Å². The lowest BCUT2D eigenvalue weighted by Gasteiger charge is -2.04. The van der Waals surface area contributed by atoms with E-state index in [0.29, 0.717) is 11.4 Å². The Morgan fingerprint density at radius 2 is 2.16 bits per heavy atom. The zero-order valence-corrected chi connectivity index (χ0v) is 9.61. The maximum absolute atomic E-state index is 10.7. The zero-order chi connectivity index (χ0) is 13.2. The Kier molecular flexibility index (Phi) is 2.57. The van der Waals surface area contributed by atoms with Gasteiger partial charge in [-0.3, -0.25) is 10.1 Å². The molecule has 0 amide bonds. The van der Waals surface area contributed by atoms with Gasteiger partial charge in [-0.1, -0.05) is 5.16 Å². The average molecular weight is 256 g/mol. The van der Waals surface area contributed by atoms with Gasteiger partial charge < -0.3 is 9.84 Å². The van der Waals surface area contributed by atoms with Gasteiger partial charge in [0.05, 0.1) is 17.2 Å². The zero-order valence-electron chi connectivity index (χ0n) is 9.61. The van der Waals surface area contributed by atoms with E-state index in [1.165, 1.54) is 18.3 Å². The monoisotopic (exact) mass is 256 g/mol. The fourth-order valence-corrected chi connectivity index (χ4v) is 1.69. The van der Waals surface area contributed by atoms with Crippen LogP contribution in [0.1, 0.15) is 0 Å². The Balaban J connectivity index is 1.91. The van der Waals surface area contributed by atoms with Crippen molar-refractivity contribution in [3.05, 3.63) is 52.8 Å². The van der Waals surface area contributed by atoms with Gasteiger partial charge in [0.1, 0.15) is 5.82 Å². The Morgan fingerprint density at radius 1 is 1.26 bits per heavy atom. The van der Waals surface area contributed by atoms with E-state index in [4.69, 9.17) is 4.52 Å². The first kappa shape index (κ1) is 11.1. The van der Waals surface area contributed by atoms with Crippen molar-refractivity contribution in [2.24, 2.45) is 0 Å². The number of hydrogen-bond acceptors (Lipinski definition) is 6. The number of hydrogen-bond donors (Lipinski definition) is 1. The van der Waals surface area contributed by atoms with E-state index in [-0.39, 0.29) is 5.69 Å². The minimum atomic E-state index is -0.466. The molecule has 7 heteroatoms. The van der Waals surface area contributed by atoms with Crippen molar-refractivity contribution < 1.29 is 9.45 Å². The molecule has 1 aromatic carbocycles. The molecule has 0 aliphatic heterocycles. The molecular formula is C12H8N4O3. The number of benzene rings is 1. The van der Waals surface area contributed by atoms with Crippen molar-refractivity contribution in [2.75, 3.05) is 5.32 Å². The molecule has 0 radical (unpaired) electrons. The number of fused-ring (bicyclic) bond motifs is 1. The normalized spacial score (nSPS) is 10.5. The number of nitrogens with one attached hydrogen (secondary N) is 1. The highest BCUT2D eigenvalue weighted by molar-refractivity contribution is 5.80. The van der Waals surface area contributed by atoms with Crippen LogP contribution in [0.3, 0.4) is 0 Å². The van der Waals surface area contributed by atoms with Crippen LogP contribution in [0.15, 0.2) is 47.2 Å². The van der Waals surface area contributed by atoms with Gasteiger partial charge >= 0.3 is 0 Å². The summed E-state index contributed by atoms with van der Waals surface area (Å²) in [6.07, 6.45) is 3.00. The van der Waals surface area contributed by atoms with Gasteiger partial charge in [-0.05, 0) is 12.1 Å². The number of pyridine rings is 1. The third-order valence-electron chi connectivity index (χ3n) is 2.58. The molecule has 0 spiro atoms. The quantitative estimate of drug-likeness (QED) is 0.572. The highest BCUT2D eigenvalue weighted by Gasteiger charge is 2.07. The molecule has 0 aliphatic carbocycles. The van der Waals surface area contributed by atoms with Crippen LogP contribution in [-0.2, 0) is 0 Å². The Hall–Kier alpha value is -2.96. The second kappa shape index (κ2) is 4.37. The highest BCUT2D eigenvalue weighted by atomic mass is 16.6. The molecule has 7 nitrogen and oxygen atoms in total. The molecule has 0 saturated carbocycles. The van der Waals surface area contributed by atoms with Crippen LogP contribution in [0.25, 0.3) is 11.0 Å². The maximum Gasteiger partial charge on any atom is 0.274 e. The molecule has 1 N–H and O–H groups in total. The van der Waals surface area contributed by atoms with Crippen molar-refractivity contribution in [2.45, 2.75) is 0 Å². The van der Waals surface area contributed by atoms with E-state index >= 15 is 0 Å². The standard InChI is InChI=1S/C12H8N4O3/c17-16(18)10-3-4-13-12(6-10)15-9-2-1-8-7-14-19-11(8)5-9/h1-7H,(H,13,15). The Bertz CT molecular complexity index is 753. The van der Waals surface area contributed by atoms with Crippen LogP contribution >= 0.6 is 0 Å². The fraction of sp³-hybridized carbons (Fsp3) is 0. The Labute approximate surface area is 107 Å². The van der Waals surface area contributed by atoms with Gasteiger partial charge in [0.2, 0.25) is 0 Å². The van der Waals surface area contributed by atoms with E-state index in [1.54, 1.807) is 12.3 Å². The van der Waals surface area contributed by atoms with E-state index in [1.807, 2.05) is 12.1 Å². The summed E-state index contributed by atoms with van der Waals surface area (Å²) in [5.41, 5.74) is 1.34. The third kappa shape index (κ3) is 2.21. The highest BCUT2D eigenvalue weighted by Crippen LogP contribution is 2.22. The van der Waals surface area contributed by atoms with Crippen molar-refractivity contribution in [1.29, 1.82) is 0 Å². The second-order valence-corrected chi connectivity index (χ2v) is 3.86. The molecule has 0 aliphatic rings. The average Bonchev–Trinajstić information content (AvgIpc) is 2.86. The number of anilines is 2. The van der Waals surface area contributed by atoms with Crippen molar-refractivity contribution in [1.82, 2.24) is 10.1 Å². The number of nitrogens with zero attached hydrogens (tertiary/aromatic N) is 3. The fourth-order valence-electron chi connectivity index (χ4n) is 1.69. The molecular weight excluding hydrogens is 248 g/mol. The SMILES string of the molecule is O=[N+]([O-])c1ccnc(Nc2ccc3cnoc3c2)c1. The predicted molar refractivity (Wildman–Crippen MR) is 68.2 cm³/mol. The lowest BCUT2D eigenvalue weighted by atomic mass is 10.2. The minimum absolute atomic E-state index is 0.0155. The number of aromatic nitrogens is 2. The van der Waals surface area contributed by atoms with Gasteiger partial charge in [0, 0.05) is 29.4 Å². The van der Waals surface area contributed by atoms with Gasteiger partial charge in [-0.25, -0.2) is 4.98 Å². The molecule has 94 valence electrons. The first-order valence-electron chi connectivity index (χ1n) is 5.44. The summed E-state index contributed by atoms with van der Waals surface area (Å²) in [4.78, 5) is 14.2. The molecule has 2 heterocycles. The van der Waals surface area contributed by atoms with E-state index < -0.39 is 4.92 Å². The van der Waals surface area contributed by atoms with Crippen LogP contribution in [0.5, 0.6) is 0 Å². The van der Waals surface area contributed by atoms with Gasteiger partial charge in [-0.15, -0.1) is 0 Å². The summed E-state index contributed by atoms with van der Waals surface area (Å²) in [7, 11) is 0. The Morgan fingerprint density at radius 3 is 3.00 bits per heavy atom. The summed E-state index contributed by atoms with van der Waals surface area (Å²) in [6.45, 7) is 0. The summed E-state index contributed by atoms with van der Waals surface area (Å²) in [5, 5.41) is 18.2. The number of rotatable bonds is 3. The van der Waals surface area contributed by atoms with Gasteiger partial charge in [-0.2, -0.15) is 0 Å². The lowest BCUT2D eigenvalue weighted by molar-refractivity contribution is -0.384. The molecule has 3 rings (SSSR count). The predicted octanol–water partition coefficient (Wildman–Crippen LogP) is 2.87. The molecule has 2 aromatic heterocycles. The molecule has 0 fully saturated rings. The van der Waals surface area contributed by atoms with Crippen LogP contribution in [0.2, 0.25) is 0 Å². The van der Waals surface area contributed by atoms with Crippen molar-refractivity contribution >= 4 is 28.2 Å². The van der Waals surface area contributed by atoms with Crippen LogP contribution < -0.4 is 5.32 Å². The first-order chi connectivity index (χ1) is 9.22. The van der Waals surface area contributed by atoms with E-state index in [9.17, 15) is 10.1 Å². The van der Waals surface area contributed by atoms with Gasteiger partial charge in [0.25, 0.3) is 5.69 Å². The smallest absolute Gasteiger partial charge is 0.274 e. The molecule has 19 heavy (non-hydrogen) atoms. The molecule has 0 atom stereocenters. The summed E-state index contributed by atoms with van der Waals surface area (Å²) in [6, 6.07) is 8.11. The maximum atomic E-state index is 10.7. The third-order valence-corrected chi connectivity index (χ3v) is 2.58. The second-order valence-electron chi connectivity index (χ2n) is 3.86. The van der Waals surface area contributed by atoms with Crippen LogP contribution in [-0.4, -0.2) is 15.1 Å². The summed E-state index contributed by atoms with van der Waals surface area (Å²) in [5.74, 6) is 0.396. The lowest BCUT2D eigenvalue weighted by Crippen LogP contribution is -1.95. The van der Waals surface area contributed by atoms with E-state index in [2.05, 4.69) is 15.5 Å². The minimum Gasteiger partial charge on any atom is -0.356 e. The summed E-state index contributed by atoms with van der Waals surface area (Å²) < 4.78 is 5.04. The van der Waals surface area contributed by atoms with Crippen LogP contribution in [0.4, 0.5) is 17.2 Å². The van der Waals surface area contributed by atoms with Crippen molar-refractivity contribution in [3.63, 3.8) is 0 Å². The largest absolute Gasteiger partial charge is 0.356 e. The summed E-state index contributed by atoms with van der Waals surface area (Å²) >= 11 is 0. The topological polar surface area (TPSA) is 94.1 Å². The van der Waals surface area contributed by atoms with Crippen LogP contribution in [0, 0.1) is 10.1 Å².